The Morgan fingerprint density at radius 1 is 0.329 bits per heavy atom. The monoisotopic (exact) mass is 1010 g/mol. The van der Waals surface area contributed by atoms with E-state index in [2.05, 4.69) is 144 Å². The molecule has 1 aliphatic rings. The van der Waals surface area contributed by atoms with E-state index in [4.69, 9.17) is 38.7 Å². The molecule has 0 aliphatic heterocycles. The van der Waals surface area contributed by atoms with E-state index in [9.17, 15) is 0 Å². The van der Waals surface area contributed by atoms with Gasteiger partial charge in [-0.2, -0.15) is 19.9 Å². The largest absolute Gasteiger partial charge is 0.456 e. The molecule has 10 nitrogen and oxygen atoms in total. The van der Waals surface area contributed by atoms with Crippen molar-refractivity contribution in [3.8, 4) is 68.6 Å². The van der Waals surface area contributed by atoms with Crippen molar-refractivity contribution in [3.05, 3.63) is 230 Å². The zero-order valence-corrected chi connectivity index (χ0v) is 42.7. The van der Waals surface area contributed by atoms with Gasteiger partial charge in [0.1, 0.15) is 22.3 Å². The van der Waals surface area contributed by atoms with E-state index in [0.717, 1.165) is 115 Å². The maximum atomic E-state index is 6.41. The summed E-state index contributed by atoms with van der Waals surface area (Å²) in [6, 6.07) is 75.4. The van der Waals surface area contributed by atoms with Crippen LogP contribution in [0.3, 0.4) is 0 Å². The van der Waals surface area contributed by atoms with Crippen LogP contribution < -0.4 is 0 Å². The van der Waals surface area contributed by atoms with Gasteiger partial charge >= 0.3 is 0 Å². The summed E-state index contributed by atoms with van der Waals surface area (Å²) in [5.41, 5.74) is 14.9. The van der Waals surface area contributed by atoms with E-state index in [1.54, 1.807) is 0 Å². The number of furan rings is 2. The van der Waals surface area contributed by atoms with Gasteiger partial charge in [0.25, 0.3) is 0 Å². The third-order valence-electron chi connectivity index (χ3n) is 16.2. The van der Waals surface area contributed by atoms with Crippen LogP contribution in [0.15, 0.2) is 227 Å². The van der Waals surface area contributed by atoms with Crippen molar-refractivity contribution in [1.29, 1.82) is 0 Å². The lowest BCUT2D eigenvalue weighted by Crippen LogP contribution is -2.17. The van der Waals surface area contributed by atoms with Crippen LogP contribution in [0.25, 0.3) is 156 Å². The minimum absolute atomic E-state index is 0.523. The van der Waals surface area contributed by atoms with Crippen LogP contribution in [0.1, 0.15) is 25.0 Å². The topological polar surface area (TPSA) is 113 Å². The SMILES string of the molecule is CC1(C)c2cc3c(cc2-c2ccc4c5ccccc5n(-c5nc(-c6ccccc6)nc(-c6cccc7oc8ccccc8c67)n5)c4c21)c1ccccc1n3-c1nc(-c2ccccc2)nc(-c2cccc3oc4ccccc4c23)n1. The van der Waals surface area contributed by atoms with Gasteiger partial charge in [0, 0.05) is 70.8 Å². The van der Waals surface area contributed by atoms with Crippen LogP contribution in [0.5, 0.6) is 0 Å². The Balaban J connectivity index is 0.911. The molecule has 6 aromatic heterocycles. The third-order valence-corrected chi connectivity index (χ3v) is 16.2. The number of benzene rings is 10. The van der Waals surface area contributed by atoms with Gasteiger partial charge in [-0.15, -0.1) is 0 Å². The summed E-state index contributed by atoms with van der Waals surface area (Å²) >= 11 is 0. The van der Waals surface area contributed by atoms with Crippen molar-refractivity contribution in [2.24, 2.45) is 0 Å². The average Bonchev–Trinajstić information content (AvgIpc) is 3.42. The summed E-state index contributed by atoms with van der Waals surface area (Å²) < 4.78 is 17.3. The Kier molecular flexibility index (Phi) is 8.96. The standard InChI is InChI=1S/C69H42N8O2/c1-69(2)51-38-54-50(42-24-10-13-29-52(42)76(54)67-72-63(39-19-5-3-6-20-39)70-65(74-67)47-27-17-33-57-59(47)45-25-11-15-31-55(45)78-57)37-49(51)43-35-36-44-41-23-9-14-30-53(41)77(62(44)61(43)69)68-73-64(40-21-7-4-8-22-40)71-66(75-68)48-28-18-34-58-60(48)46-26-12-16-32-56(46)79-58/h3-38H,1-2H3. The van der Waals surface area contributed by atoms with E-state index >= 15 is 0 Å². The second-order valence-corrected chi connectivity index (χ2v) is 21.0. The highest BCUT2D eigenvalue weighted by molar-refractivity contribution is 6.17. The minimum Gasteiger partial charge on any atom is -0.456 e. The first-order chi connectivity index (χ1) is 38.9. The fourth-order valence-corrected chi connectivity index (χ4v) is 12.8. The number of nitrogens with zero attached hydrogens (tertiary/aromatic N) is 8. The highest BCUT2D eigenvalue weighted by atomic mass is 16.3. The summed E-state index contributed by atoms with van der Waals surface area (Å²) in [7, 11) is 0. The number of hydrogen-bond donors (Lipinski definition) is 0. The van der Waals surface area contributed by atoms with Crippen LogP contribution in [-0.4, -0.2) is 39.0 Å². The number of aromatic nitrogens is 8. The smallest absolute Gasteiger partial charge is 0.238 e. The molecule has 0 unspecified atom stereocenters. The van der Waals surface area contributed by atoms with Crippen molar-refractivity contribution in [1.82, 2.24) is 39.0 Å². The molecular formula is C69H42N8O2. The quantitative estimate of drug-likeness (QED) is 0.162. The van der Waals surface area contributed by atoms with Crippen LogP contribution >= 0.6 is 0 Å². The molecule has 79 heavy (non-hydrogen) atoms. The van der Waals surface area contributed by atoms with Crippen molar-refractivity contribution in [3.63, 3.8) is 0 Å². The molecule has 370 valence electrons. The maximum absolute atomic E-state index is 6.41. The van der Waals surface area contributed by atoms with Crippen molar-refractivity contribution < 1.29 is 8.83 Å². The van der Waals surface area contributed by atoms with E-state index in [1.165, 1.54) is 16.7 Å². The molecule has 0 atom stereocenters. The van der Waals surface area contributed by atoms with E-state index in [1.807, 2.05) is 97.1 Å². The molecule has 17 rings (SSSR count). The molecule has 0 N–H and O–H groups in total. The molecular weight excluding hydrogens is 973 g/mol. The number of rotatable bonds is 6. The molecule has 6 heterocycles. The Bertz CT molecular complexity index is 5240. The zero-order chi connectivity index (χ0) is 52.1. The Morgan fingerprint density at radius 3 is 1.38 bits per heavy atom. The van der Waals surface area contributed by atoms with E-state index in [-0.39, 0.29) is 0 Å². The molecule has 0 saturated carbocycles. The summed E-state index contributed by atoms with van der Waals surface area (Å²) in [6.45, 7) is 4.70. The predicted octanol–water partition coefficient (Wildman–Crippen LogP) is 17.0. The lowest BCUT2D eigenvalue weighted by molar-refractivity contribution is 0.664. The van der Waals surface area contributed by atoms with Crippen molar-refractivity contribution >= 4 is 87.5 Å². The van der Waals surface area contributed by atoms with E-state index < -0.39 is 5.41 Å². The van der Waals surface area contributed by atoms with Gasteiger partial charge in [-0.25, -0.2) is 9.97 Å². The maximum Gasteiger partial charge on any atom is 0.238 e. The number of fused-ring (bicyclic) bond motifs is 16. The molecule has 0 bridgehead atoms. The van der Waals surface area contributed by atoms with Crippen LogP contribution in [0, 0.1) is 0 Å². The van der Waals surface area contributed by atoms with Gasteiger partial charge < -0.3 is 8.83 Å². The molecule has 10 aromatic carbocycles. The Hall–Kier alpha value is -10.6. The second kappa shape index (κ2) is 16.2. The van der Waals surface area contributed by atoms with Crippen LogP contribution in [0.2, 0.25) is 0 Å². The molecule has 1 aliphatic carbocycles. The van der Waals surface area contributed by atoms with Crippen LogP contribution in [-0.2, 0) is 5.41 Å². The van der Waals surface area contributed by atoms with Gasteiger partial charge in [-0.1, -0.05) is 184 Å². The third kappa shape index (κ3) is 6.28. The summed E-state index contributed by atoms with van der Waals surface area (Å²) in [4.78, 5) is 32.2. The number of para-hydroxylation sites is 4. The van der Waals surface area contributed by atoms with Gasteiger partial charge in [0.15, 0.2) is 23.3 Å². The molecule has 0 fully saturated rings. The highest BCUT2D eigenvalue weighted by Gasteiger charge is 2.40. The van der Waals surface area contributed by atoms with Gasteiger partial charge in [-0.3, -0.25) is 9.13 Å². The van der Waals surface area contributed by atoms with Gasteiger partial charge in [0.2, 0.25) is 11.9 Å². The normalized spacial score (nSPS) is 13.0. The number of hydrogen-bond acceptors (Lipinski definition) is 8. The van der Waals surface area contributed by atoms with Gasteiger partial charge in [0.05, 0.1) is 22.1 Å². The first kappa shape index (κ1) is 43.6. The summed E-state index contributed by atoms with van der Waals surface area (Å²) in [5, 5.41) is 8.36. The lowest BCUT2D eigenvalue weighted by Gasteiger charge is -2.24. The fourth-order valence-electron chi connectivity index (χ4n) is 12.8. The highest BCUT2D eigenvalue weighted by Crippen LogP contribution is 2.55. The Morgan fingerprint density at radius 2 is 0.797 bits per heavy atom. The van der Waals surface area contributed by atoms with E-state index in [0.29, 0.717) is 35.2 Å². The fraction of sp³-hybridized carbons (Fsp3) is 0.0435. The summed E-state index contributed by atoms with van der Waals surface area (Å²) in [5.74, 6) is 3.32. The predicted molar refractivity (Wildman–Crippen MR) is 316 cm³/mol. The first-order valence-corrected chi connectivity index (χ1v) is 26.5. The van der Waals surface area contributed by atoms with Gasteiger partial charge in [-0.05, 0) is 70.8 Å². The lowest BCUT2D eigenvalue weighted by atomic mass is 9.81. The molecule has 0 amide bonds. The first-order valence-electron chi connectivity index (χ1n) is 26.5. The zero-order valence-electron chi connectivity index (χ0n) is 42.7. The van der Waals surface area contributed by atoms with Crippen LogP contribution in [0.4, 0.5) is 0 Å². The van der Waals surface area contributed by atoms with Crippen molar-refractivity contribution in [2.75, 3.05) is 0 Å². The molecule has 0 spiro atoms. The van der Waals surface area contributed by atoms with Crippen molar-refractivity contribution in [2.45, 2.75) is 19.3 Å². The summed E-state index contributed by atoms with van der Waals surface area (Å²) in [6.07, 6.45) is 0. The molecule has 0 saturated heterocycles. The molecule has 16 aromatic rings. The Labute approximate surface area is 450 Å². The molecule has 0 radical (unpaired) electrons. The average molecular weight is 1020 g/mol. The molecule has 10 heteroatoms. The minimum atomic E-state index is -0.525. The second-order valence-electron chi connectivity index (χ2n) is 21.0.